The number of piperidine rings is 1. The Morgan fingerprint density at radius 3 is 2.19 bits per heavy atom. The van der Waals surface area contributed by atoms with Gasteiger partial charge in [-0.15, -0.1) is 0 Å². The lowest BCUT2D eigenvalue weighted by atomic mass is 9.72. The lowest BCUT2D eigenvalue weighted by Gasteiger charge is -2.41. The van der Waals surface area contributed by atoms with Gasteiger partial charge < -0.3 is 20.1 Å². The van der Waals surface area contributed by atoms with E-state index in [1.54, 1.807) is 4.90 Å². The molecule has 7 nitrogen and oxygen atoms in total. The van der Waals surface area contributed by atoms with Crippen LogP contribution in [0.4, 0.5) is 4.79 Å². The summed E-state index contributed by atoms with van der Waals surface area (Å²) in [4.78, 5) is 38.1. The molecule has 1 aromatic carbocycles. The van der Waals surface area contributed by atoms with Gasteiger partial charge in [0.15, 0.2) is 0 Å². The van der Waals surface area contributed by atoms with E-state index < -0.39 is 29.1 Å². The third kappa shape index (κ3) is 4.99. The number of amides is 2. The smallest absolute Gasteiger partial charge is 0.410 e. The SMILES string of the molecule is C[C@H](NC(=O)C1(c2ccccc2)CCN(C(=O)OC(C)(C)C)CC1)C(=O)O. The zero-order chi connectivity index (χ0) is 20.2. The monoisotopic (exact) mass is 376 g/mol. The predicted octanol–water partition coefficient (Wildman–Crippen LogP) is 2.54. The topological polar surface area (TPSA) is 95.9 Å². The second-order valence-corrected chi connectivity index (χ2v) is 7.95. The third-order valence-corrected chi connectivity index (χ3v) is 4.75. The van der Waals surface area contributed by atoms with Crippen LogP contribution in [0.1, 0.15) is 46.1 Å². The number of carboxylic acids is 1. The largest absolute Gasteiger partial charge is 0.480 e. The molecule has 2 N–H and O–H groups in total. The standard InChI is InChI=1S/C20H28N2O5/c1-14(16(23)24)21-17(25)20(15-8-6-5-7-9-15)10-12-22(13-11-20)18(26)27-19(2,3)4/h5-9,14H,10-13H2,1-4H3,(H,21,25)(H,23,24)/t14-/m0/s1. The second-order valence-electron chi connectivity index (χ2n) is 7.95. The number of carbonyl (C=O) groups is 3. The number of benzene rings is 1. The average Bonchev–Trinajstić information content (AvgIpc) is 2.60. The van der Waals surface area contributed by atoms with Crippen molar-refractivity contribution < 1.29 is 24.2 Å². The van der Waals surface area contributed by atoms with E-state index >= 15 is 0 Å². The van der Waals surface area contributed by atoms with E-state index in [0.717, 1.165) is 5.56 Å². The van der Waals surface area contributed by atoms with E-state index in [1.165, 1.54) is 6.92 Å². The molecule has 1 saturated heterocycles. The van der Waals surface area contributed by atoms with Crippen LogP contribution in [0.3, 0.4) is 0 Å². The molecular weight excluding hydrogens is 348 g/mol. The zero-order valence-electron chi connectivity index (χ0n) is 16.3. The second kappa shape index (κ2) is 7.98. The molecule has 1 fully saturated rings. The normalized spacial score (nSPS) is 17.7. The highest BCUT2D eigenvalue weighted by atomic mass is 16.6. The molecular formula is C20H28N2O5. The molecule has 1 heterocycles. The molecule has 0 spiro atoms. The van der Waals surface area contributed by atoms with E-state index in [2.05, 4.69) is 5.32 Å². The number of rotatable bonds is 4. The van der Waals surface area contributed by atoms with Gasteiger partial charge in [0.25, 0.3) is 0 Å². The number of aliphatic carboxylic acids is 1. The fraction of sp³-hybridized carbons (Fsp3) is 0.550. The highest BCUT2D eigenvalue weighted by molar-refractivity contribution is 5.91. The first-order chi connectivity index (χ1) is 12.5. The van der Waals surface area contributed by atoms with Crippen molar-refractivity contribution in [3.63, 3.8) is 0 Å². The molecule has 0 aliphatic carbocycles. The quantitative estimate of drug-likeness (QED) is 0.842. The maximum atomic E-state index is 13.0. The first-order valence-electron chi connectivity index (χ1n) is 9.12. The molecule has 7 heteroatoms. The van der Waals surface area contributed by atoms with E-state index in [1.807, 2.05) is 51.1 Å². The van der Waals surface area contributed by atoms with Crippen molar-refractivity contribution in [1.82, 2.24) is 10.2 Å². The molecule has 1 atom stereocenters. The minimum absolute atomic E-state index is 0.326. The Labute approximate surface area is 159 Å². The van der Waals surface area contributed by atoms with Crippen molar-refractivity contribution in [1.29, 1.82) is 0 Å². The maximum Gasteiger partial charge on any atom is 0.410 e. The number of carbonyl (C=O) groups excluding carboxylic acids is 2. The summed E-state index contributed by atoms with van der Waals surface area (Å²) in [7, 11) is 0. The molecule has 0 radical (unpaired) electrons. The highest BCUT2D eigenvalue weighted by Gasteiger charge is 2.44. The lowest BCUT2D eigenvalue weighted by molar-refractivity contribution is -0.142. The molecule has 1 aliphatic rings. The van der Waals surface area contributed by atoms with Gasteiger partial charge in [0.05, 0.1) is 5.41 Å². The van der Waals surface area contributed by atoms with Gasteiger partial charge in [-0.2, -0.15) is 0 Å². The van der Waals surface area contributed by atoms with E-state index in [4.69, 9.17) is 9.84 Å². The summed E-state index contributed by atoms with van der Waals surface area (Å²) in [5.74, 6) is -1.41. The van der Waals surface area contributed by atoms with Crippen LogP contribution in [-0.4, -0.2) is 52.7 Å². The Morgan fingerprint density at radius 1 is 1.15 bits per heavy atom. The van der Waals surface area contributed by atoms with Crippen molar-refractivity contribution in [2.75, 3.05) is 13.1 Å². The molecule has 2 amide bonds. The lowest BCUT2D eigenvalue weighted by Crippen LogP contribution is -2.55. The Kier molecular flexibility index (Phi) is 6.13. The summed E-state index contributed by atoms with van der Waals surface area (Å²) >= 11 is 0. The maximum absolute atomic E-state index is 13.0. The van der Waals surface area contributed by atoms with Crippen LogP contribution in [0.15, 0.2) is 30.3 Å². The number of likely N-dealkylation sites (tertiary alicyclic amines) is 1. The van der Waals surface area contributed by atoms with Crippen LogP contribution >= 0.6 is 0 Å². The minimum Gasteiger partial charge on any atom is -0.480 e. The molecule has 1 aliphatic heterocycles. The Morgan fingerprint density at radius 2 is 1.70 bits per heavy atom. The van der Waals surface area contributed by atoms with Crippen molar-refractivity contribution in [2.24, 2.45) is 0 Å². The summed E-state index contributed by atoms with van der Waals surface area (Å²) in [5.41, 5.74) is -0.632. The summed E-state index contributed by atoms with van der Waals surface area (Å²) in [5, 5.41) is 11.7. The van der Waals surface area contributed by atoms with Crippen LogP contribution in [-0.2, 0) is 19.7 Å². The molecule has 27 heavy (non-hydrogen) atoms. The van der Waals surface area contributed by atoms with Gasteiger partial charge in [-0.25, -0.2) is 4.79 Å². The molecule has 1 aromatic rings. The number of nitrogens with one attached hydrogen (secondary N) is 1. The number of hydrogen-bond acceptors (Lipinski definition) is 4. The van der Waals surface area contributed by atoms with Gasteiger partial charge in [0.2, 0.25) is 5.91 Å². The van der Waals surface area contributed by atoms with Crippen LogP contribution in [0.2, 0.25) is 0 Å². The summed E-state index contributed by atoms with van der Waals surface area (Å²) < 4.78 is 5.42. The van der Waals surface area contributed by atoms with Gasteiger partial charge >= 0.3 is 12.1 Å². The van der Waals surface area contributed by atoms with Gasteiger partial charge in [-0.1, -0.05) is 30.3 Å². The first kappa shape index (κ1) is 20.7. The summed E-state index contributed by atoms with van der Waals surface area (Å²) in [6.07, 6.45) is 0.395. The van der Waals surface area contributed by atoms with Gasteiger partial charge in [0, 0.05) is 13.1 Å². The van der Waals surface area contributed by atoms with Crippen molar-refractivity contribution in [3.05, 3.63) is 35.9 Å². The zero-order valence-corrected chi connectivity index (χ0v) is 16.3. The van der Waals surface area contributed by atoms with Gasteiger partial charge in [0.1, 0.15) is 11.6 Å². The van der Waals surface area contributed by atoms with Crippen molar-refractivity contribution >= 4 is 18.0 Å². The van der Waals surface area contributed by atoms with Gasteiger partial charge in [-0.05, 0) is 46.1 Å². The molecule has 0 saturated carbocycles. The van der Waals surface area contributed by atoms with Crippen LogP contribution in [0.5, 0.6) is 0 Å². The fourth-order valence-corrected chi connectivity index (χ4v) is 3.20. The van der Waals surface area contributed by atoms with E-state index in [0.29, 0.717) is 25.9 Å². The summed E-state index contributed by atoms with van der Waals surface area (Å²) in [6, 6.07) is 8.32. The molecule has 0 unspecified atom stereocenters. The molecule has 2 rings (SSSR count). The Hall–Kier alpha value is -2.57. The predicted molar refractivity (Wildman–Crippen MR) is 100 cm³/mol. The summed E-state index contributed by atoms with van der Waals surface area (Å²) in [6.45, 7) is 7.59. The molecule has 0 bridgehead atoms. The highest BCUT2D eigenvalue weighted by Crippen LogP contribution is 2.36. The number of nitrogens with zero attached hydrogens (tertiary/aromatic N) is 1. The van der Waals surface area contributed by atoms with Crippen molar-refractivity contribution in [3.8, 4) is 0 Å². The van der Waals surface area contributed by atoms with E-state index in [-0.39, 0.29) is 5.91 Å². The number of carboxylic acid groups (broad SMARTS) is 1. The molecule has 148 valence electrons. The molecule has 0 aromatic heterocycles. The number of ether oxygens (including phenoxy) is 1. The Balaban J connectivity index is 2.21. The Bertz CT molecular complexity index is 688. The fourth-order valence-electron chi connectivity index (χ4n) is 3.20. The third-order valence-electron chi connectivity index (χ3n) is 4.75. The van der Waals surface area contributed by atoms with E-state index in [9.17, 15) is 14.4 Å². The van der Waals surface area contributed by atoms with Crippen LogP contribution in [0, 0.1) is 0 Å². The number of hydrogen-bond donors (Lipinski definition) is 2. The minimum atomic E-state index is -1.09. The van der Waals surface area contributed by atoms with Crippen LogP contribution < -0.4 is 5.32 Å². The van der Waals surface area contributed by atoms with Crippen LogP contribution in [0.25, 0.3) is 0 Å². The first-order valence-corrected chi connectivity index (χ1v) is 9.12. The van der Waals surface area contributed by atoms with Gasteiger partial charge in [-0.3, -0.25) is 9.59 Å². The average molecular weight is 376 g/mol. The van der Waals surface area contributed by atoms with Crippen molar-refractivity contribution in [2.45, 2.75) is 57.6 Å².